The maximum atomic E-state index is 12.3. The number of fused-ring (bicyclic) bond motifs is 2. The molecular weight excluding hydrogens is 370 g/mol. The van der Waals surface area contributed by atoms with Crippen LogP contribution in [0.25, 0.3) is 17.2 Å². The first-order valence-electron chi connectivity index (χ1n) is 11.5. The summed E-state index contributed by atoms with van der Waals surface area (Å²) >= 11 is 0. The highest BCUT2D eigenvalue weighted by atomic mass is 16.6. The molecule has 2 aliphatic carbocycles. The van der Waals surface area contributed by atoms with Crippen LogP contribution < -0.4 is 0 Å². The Hall–Kier alpha value is -2.42. The van der Waals surface area contributed by atoms with Gasteiger partial charge in [-0.2, -0.15) is 0 Å². The predicted molar refractivity (Wildman–Crippen MR) is 120 cm³/mol. The van der Waals surface area contributed by atoms with Gasteiger partial charge in [0.15, 0.2) is 0 Å². The van der Waals surface area contributed by atoms with Gasteiger partial charge < -0.3 is 4.74 Å². The van der Waals surface area contributed by atoms with Gasteiger partial charge in [0.1, 0.15) is 6.10 Å². The van der Waals surface area contributed by atoms with Crippen molar-refractivity contribution in [1.82, 2.24) is 4.98 Å². The maximum Gasteiger partial charge on any atom is 0.309 e. The van der Waals surface area contributed by atoms with Crippen LogP contribution in [0.3, 0.4) is 0 Å². The molecule has 2 aromatic rings. The standard InChI is InChI=1S/C27H31NO2/c1-17-6-5-8-19(14-17)21-10-11-22(28-16-21)12-13-24-23-9-4-3-7-20(23)15-25-26(24)18(2)27(29)30-25/h5-6,8,10-14,16,18,20,23-26H,3-4,7,9,15H2,1-2H3/b13-12+/t18-,20-,23+,24-,25-,26+/m0/s1. The van der Waals surface area contributed by atoms with Crippen LogP contribution in [0.2, 0.25) is 0 Å². The third-order valence-electron chi connectivity index (χ3n) is 7.71. The first kappa shape index (κ1) is 19.5. The highest BCUT2D eigenvalue weighted by molar-refractivity contribution is 5.75. The van der Waals surface area contributed by atoms with Crippen LogP contribution in [0.4, 0.5) is 0 Å². The van der Waals surface area contributed by atoms with Crippen LogP contribution in [0.15, 0.2) is 48.7 Å². The molecule has 2 heterocycles. The van der Waals surface area contributed by atoms with E-state index in [0.29, 0.717) is 23.7 Å². The number of rotatable bonds is 3. The Bertz CT molecular complexity index is 948. The number of ether oxygens (including phenoxy) is 1. The number of carbonyl (C=O) groups is 1. The van der Waals surface area contributed by atoms with Gasteiger partial charge in [0.2, 0.25) is 0 Å². The number of aryl methyl sites for hydroxylation is 1. The topological polar surface area (TPSA) is 39.2 Å². The molecule has 3 heteroatoms. The van der Waals surface area contributed by atoms with Crippen LogP contribution in [0.1, 0.15) is 50.3 Å². The summed E-state index contributed by atoms with van der Waals surface area (Å²) in [7, 11) is 0. The third kappa shape index (κ3) is 3.59. The Balaban J connectivity index is 1.39. The summed E-state index contributed by atoms with van der Waals surface area (Å²) in [6.07, 6.45) is 12.9. The summed E-state index contributed by atoms with van der Waals surface area (Å²) in [5.41, 5.74) is 4.59. The van der Waals surface area contributed by atoms with Crippen molar-refractivity contribution in [3.8, 4) is 11.1 Å². The normalized spacial score (nSPS) is 33.2. The fraction of sp³-hybridized carbons (Fsp3) is 0.481. The highest BCUT2D eigenvalue weighted by Crippen LogP contribution is 2.52. The van der Waals surface area contributed by atoms with E-state index in [1.54, 1.807) is 0 Å². The lowest BCUT2D eigenvalue weighted by molar-refractivity contribution is -0.145. The van der Waals surface area contributed by atoms with Crippen molar-refractivity contribution < 1.29 is 9.53 Å². The monoisotopic (exact) mass is 401 g/mol. The van der Waals surface area contributed by atoms with Crippen LogP contribution in [0.5, 0.6) is 0 Å². The molecule has 0 unspecified atom stereocenters. The summed E-state index contributed by atoms with van der Waals surface area (Å²) in [5, 5.41) is 0. The molecule has 30 heavy (non-hydrogen) atoms. The lowest BCUT2D eigenvalue weighted by atomic mass is 9.59. The molecule has 1 aliphatic heterocycles. The fourth-order valence-corrected chi connectivity index (χ4v) is 6.20. The lowest BCUT2D eigenvalue weighted by Gasteiger charge is -2.46. The van der Waals surface area contributed by atoms with E-state index >= 15 is 0 Å². The minimum atomic E-state index is 0.00248. The zero-order chi connectivity index (χ0) is 20.7. The predicted octanol–water partition coefficient (Wildman–Crippen LogP) is 6.07. The van der Waals surface area contributed by atoms with Crippen LogP contribution >= 0.6 is 0 Å². The van der Waals surface area contributed by atoms with Crippen LogP contribution in [-0.2, 0) is 9.53 Å². The highest BCUT2D eigenvalue weighted by Gasteiger charge is 2.53. The summed E-state index contributed by atoms with van der Waals surface area (Å²) < 4.78 is 5.79. The van der Waals surface area contributed by atoms with Crippen molar-refractivity contribution in [2.24, 2.45) is 29.6 Å². The van der Waals surface area contributed by atoms with E-state index in [1.807, 2.05) is 6.20 Å². The second-order valence-corrected chi connectivity index (χ2v) is 9.56. The van der Waals surface area contributed by atoms with Gasteiger partial charge in [-0.15, -0.1) is 0 Å². The van der Waals surface area contributed by atoms with Crippen molar-refractivity contribution in [1.29, 1.82) is 0 Å². The van der Waals surface area contributed by atoms with E-state index in [4.69, 9.17) is 9.72 Å². The number of hydrogen-bond acceptors (Lipinski definition) is 3. The van der Waals surface area contributed by atoms with Crippen molar-refractivity contribution >= 4 is 12.0 Å². The minimum absolute atomic E-state index is 0.00248. The molecule has 6 atom stereocenters. The third-order valence-corrected chi connectivity index (χ3v) is 7.71. The SMILES string of the molecule is Cc1cccc(-c2ccc(/C=C/[C@H]3[C@@H]4CCCC[C@H]4C[C@@H]4OC(=O)[C@@H](C)[C@H]34)nc2)c1. The number of carbonyl (C=O) groups excluding carboxylic acids is 1. The number of esters is 1. The molecule has 1 saturated heterocycles. The van der Waals surface area contributed by atoms with Gasteiger partial charge in [-0.1, -0.05) is 68.2 Å². The summed E-state index contributed by atoms with van der Waals surface area (Å²) in [6.45, 7) is 4.17. The number of hydrogen-bond donors (Lipinski definition) is 0. The first-order valence-corrected chi connectivity index (χ1v) is 11.5. The number of benzene rings is 1. The van der Waals surface area contributed by atoms with Gasteiger partial charge in [-0.05, 0) is 55.2 Å². The molecular formula is C27H31NO2. The Kier molecular flexibility index (Phi) is 5.22. The minimum Gasteiger partial charge on any atom is -0.462 e. The molecule has 0 bridgehead atoms. The molecule has 1 aromatic carbocycles. The second-order valence-electron chi connectivity index (χ2n) is 9.56. The molecule has 156 valence electrons. The molecule has 1 aromatic heterocycles. The van der Waals surface area contributed by atoms with E-state index in [0.717, 1.165) is 17.7 Å². The molecule has 0 spiro atoms. The number of allylic oxidation sites excluding steroid dienone is 1. The van der Waals surface area contributed by atoms with Gasteiger partial charge in [-0.25, -0.2) is 0 Å². The summed E-state index contributed by atoms with van der Waals surface area (Å²) in [4.78, 5) is 17.0. The zero-order valence-corrected chi connectivity index (χ0v) is 18.0. The molecule has 5 rings (SSSR count). The number of nitrogens with zero attached hydrogens (tertiary/aromatic N) is 1. The first-order chi connectivity index (χ1) is 14.6. The Labute approximate surface area is 179 Å². The van der Waals surface area contributed by atoms with E-state index in [-0.39, 0.29) is 18.0 Å². The Morgan fingerprint density at radius 3 is 2.77 bits per heavy atom. The molecule has 0 amide bonds. The van der Waals surface area contributed by atoms with Gasteiger partial charge in [0.05, 0.1) is 11.6 Å². The molecule has 3 nitrogen and oxygen atoms in total. The largest absolute Gasteiger partial charge is 0.462 e. The van der Waals surface area contributed by atoms with Gasteiger partial charge in [0.25, 0.3) is 0 Å². The second kappa shape index (κ2) is 8.02. The fourth-order valence-electron chi connectivity index (χ4n) is 6.20. The van der Waals surface area contributed by atoms with Crippen molar-refractivity contribution in [3.63, 3.8) is 0 Å². The zero-order valence-electron chi connectivity index (χ0n) is 18.0. The van der Waals surface area contributed by atoms with Gasteiger partial charge in [-0.3, -0.25) is 9.78 Å². The summed E-state index contributed by atoms with van der Waals surface area (Å²) in [6, 6.07) is 12.8. The Morgan fingerprint density at radius 2 is 1.97 bits per heavy atom. The molecule has 3 fully saturated rings. The van der Waals surface area contributed by atoms with E-state index in [9.17, 15) is 4.79 Å². The molecule has 0 N–H and O–H groups in total. The van der Waals surface area contributed by atoms with E-state index in [1.165, 1.54) is 36.8 Å². The van der Waals surface area contributed by atoms with Crippen LogP contribution in [0, 0.1) is 36.5 Å². The van der Waals surface area contributed by atoms with E-state index < -0.39 is 0 Å². The van der Waals surface area contributed by atoms with Gasteiger partial charge in [0, 0.05) is 17.7 Å². The molecule has 0 radical (unpaired) electrons. The smallest absolute Gasteiger partial charge is 0.309 e. The molecule has 2 saturated carbocycles. The number of aromatic nitrogens is 1. The van der Waals surface area contributed by atoms with Gasteiger partial charge >= 0.3 is 5.97 Å². The van der Waals surface area contributed by atoms with Crippen LogP contribution in [-0.4, -0.2) is 17.1 Å². The quantitative estimate of drug-likeness (QED) is 0.586. The average Bonchev–Trinajstić information content (AvgIpc) is 3.05. The Morgan fingerprint density at radius 1 is 1.10 bits per heavy atom. The number of pyridine rings is 1. The summed E-state index contributed by atoms with van der Waals surface area (Å²) in [5.74, 6) is 2.12. The van der Waals surface area contributed by atoms with E-state index in [2.05, 4.69) is 62.4 Å². The maximum absolute atomic E-state index is 12.3. The van der Waals surface area contributed by atoms with Crippen molar-refractivity contribution in [2.45, 2.75) is 52.1 Å². The lowest BCUT2D eigenvalue weighted by Crippen LogP contribution is -2.43. The van der Waals surface area contributed by atoms with Crippen molar-refractivity contribution in [3.05, 3.63) is 59.9 Å². The van der Waals surface area contributed by atoms with Crippen molar-refractivity contribution in [2.75, 3.05) is 0 Å². The molecule has 3 aliphatic rings. The average molecular weight is 402 g/mol.